The van der Waals surface area contributed by atoms with Gasteiger partial charge in [0, 0.05) is 31.4 Å². The lowest BCUT2D eigenvalue weighted by Gasteiger charge is -2.18. The Morgan fingerprint density at radius 1 is 1.44 bits per heavy atom. The maximum Gasteiger partial charge on any atom is 0.412 e. The molecule has 1 saturated heterocycles. The summed E-state index contributed by atoms with van der Waals surface area (Å²) < 4.78 is 16.6. The maximum atomic E-state index is 12.3. The van der Waals surface area contributed by atoms with Crippen molar-refractivity contribution in [2.45, 2.75) is 44.8 Å². The number of nitrogens with one attached hydrogen (secondary N) is 1. The number of carbonyl (C=O) groups excluding carboxylic acids is 1. The van der Waals surface area contributed by atoms with Gasteiger partial charge in [0.2, 0.25) is 0 Å². The number of aromatic nitrogens is 2. The van der Waals surface area contributed by atoms with Crippen LogP contribution >= 0.6 is 0 Å². The molecule has 2 heterocycles. The lowest BCUT2D eigenvalue weighted by molar-refractivity contribution is -0.0350. The van der Waals surface area contributed by atoms with Crippen LogP contribution in [0.5, 0.6) is 0 Å². The van der Waals surface area contributed by atoms with Gasteiger partial charge in [0.05, 0.1) is 12.7 Å². The van der Waals surface area contributed by atoms with Gasteiger partial charge in [0.25, 0.3) is 0 Å². The van der Waals surface area contributed by atoms with Crippen LogP contribution in [0.25, 0.3) is 6.08 Å². The van der Waals surface area contributed by atoms with Crippen molar-refractivity contribution in [2.75, 3.05) is 25.1 Å². The predicted molar refractivity (Wildman–Crippen MR) is 96.3 cm³/mol. The molecule has 4 atom stereocenters. The largest absolute Gasteiger partial charge is 0.449 e. The summed E-state index contributed by atoms with van der Waals surface area (Å²) in [6, 6.07) is 0. The first-order valence-corrected chi connectivity index (χ1v) is 8.67. The molecule has 27 heavy (non-hydrogen) atoms. The molecule has 1 aliphatic rings. The van der Waals surface area contributed by atoms with E-state index in [0.717, 1.165) is 4.57 Å². The molecule has 0 radical (unpaired) electrons. The molecule has 10 heteroatoms. The van der Waals surface area contributed by atoms with Gasteiger partial charge in [-0.25, -0.2) is 9.59 Å². The Morgan fingerprint density at radius 3 is 2.78 bits per heavy atom. The van der Waals surface area contributed by atoms with Crippen LogP contribution in [0, 0.1) is 0 Å². The van der Waals surface area contributed by atoms with Crippen molar-refractivity contribution in [3.8, 4) is 0 Å². The monoisotopic (exact) mass is 383 g/mol. The van der Waals surface area contributed by atoms with Gasteiger partial charge in [-0.1, -0.05) is 12.7 Å². The zero-order valence-electron chi connectivity index (χ0n) is 15.3. The van der Waals surface area contributed by atoms with E-state index >= 15 is 0 Å². The number of carbonyl (C=O) groups is 1. The minimum absolute atomic E-state index is 0.0258. The molecule has 150 valence electrons. The summed E-state index contributed by atoms with van der Waals surface area (Å²) in [4.78, 5) is 28.0. The van der Waals surface area contributed by atoms with Gasteiger partial charge >= 0.3 is 11.8 Å². The summed E-state index contributed by atoms with van der Waals surface area (Å²) in [6.07, 6.45) is -1.64. The van der Waals surface area contributed by atoms with Crippen molar-refractivity contribution in [1.29, 1.82) is 0 Å². The van der Waals surface area contributed by atoms with Crippen LogP contribution < -0.4 is 11.0 Å². The van der Waals surface area contributed by atoms with E-state index < -0.39 is 36.3 Å². The zero-order chi connectivity index (χ0) is 20.0. The highest BCUT2D eigenvalue weighted by Gasteiger charge is 2.42. The van der Waals surface area contributed by atoms with Crippen molar-refractivity contribution < 1.29 is 29.2 Å². The quantitative estimate of drug-likeness (QED) is 0.553. The van der Waals surface area contributed by atoms with Crippen molar-refractivity contribution in [3.63, 3.8) is 0 Å². The fraction of sp³-hybridized carbons (Fsp3) is 0.588. The van der Waals surface area contributed by atoms with Gasteiger partial charge in [-0.05, 0) is 13.8 Å². The summed E-state index contributed by atoms with van der Waals surface area (Å²) in [5.41, 5.74) is -0.441. The van der Waals surface area contributed by atoms with Crippen LogP contribution in [0.1, 0.15) is 32.1 Å². The van der Waals surface area contributed by atoms with Crippen LogP contribution in [0.3, 0.4) is 0 Å². The Labute approximate surface area is 156 Å². The smallest absolute Gasteiger partial charge is 0.412 e. The van der Waals surface area contributed by atoms with E-state index in [1.165, 1.54) is 12.3 Å². The maximum absolute atomic E-state index is 12.3. The highest BCUT2D eigenvalue weighted by atomic mass is 16.6. The molecule has 3 N–H and O–H groups in total. The lowest BCUT2D eigenvalue weighted by atomic mass is 10.1. The molecule has 0 saturated carbocycles. The predicted octanol–water partition coefficient (Wildman–Crippen LogP) is 0.500. The van der Waals surface area contributed by atoms with Crippen LogP contribution in [-0.2, 0) is 14.2 Å². The van der Waals surface area contributed by atoms with Crippen LogP contribution in [0.4, 0.5) is 10.6 Å². The Morgan fingerprint density at radius 2 is 2.19 bits per heavy atom. The molecule has 2 rings (SSSR count). The van der Waals surface area contributed by atoms with Gasteiger partial charge < -0.3 is 24.4 Å². The highest BCUT2D eigenvalue weighted by molar-refractivity contribution is 5.85. The topological polar surface area (TPSA) is 132 Å². The van der Waals surface area contributed by atoms with Crippen molar-refractivity contribution in [3.05, 3.63) is 28.8 Å². The molecule has 1 amide bonds. The molecule has 1 aliphatic heterocycles. The molecule has 1 aromatic rings. The number of aliphatic hydroxyl groups excluding tert-OH is 2. The second-order valence-corrected chi connectivity index (χ2v) is 5.96. The SMILES string of the molecule is C=Cc1cn([C@@H]2O[C@H](C)[C@@H](O)[C@H]2O)c(=O)nc1NC(=O)OCCCOCC. The molecule has 1 aromatic heterocycles. The first-order valence-electron chi connectivity index (χ1n) is 8.67. The van der Waals surface area contributed by atoms with Crippen molar-refractivity contribution in [2.24, 2.45) is 0 Å². The van der Waals surface area contributed by atoms with E-state index in [4.69, 9.17) is 14.2 Å². The van der Waals surface area contributed by atoms with Gasteiger partial charge in [-0.15, -0.1) is 0 Å². The van der Waals surface area contributed by atoms with E-state index in [1.807, 2.05) is 6.92 Å². The minimum Gasteiger partial charge on any atom is -0.449 e. The van der Waals surface area contributed by atoms with Crippen LogP contribution in [-0.4, -0.2) is 64.0 Å². The molecule has 0 bridgehead atoms. The van der Waals surface area contributed by atoms with E-state index in [1.54, 1.807) is 6.92 Å². The Bertz CT molecular complexity index is 721. The summed E-state index contributed by atoms with van der Waals surface area (Å²) in [7, 11) is 0. The van der Waals surface area contributed by atoms with E-state index in [2.05, 4.69) is 16.9 Å². The van der Waals surface area contributed by atoms with Crippen LogP contribution in [0.2, 0.25) is 0 Å². The zero-order valence-corrected chi connectivity index (χ0v) is 15.3. The van der Waals surface area contributed by atoms with Gasteiger partial charge in [0.1, 0.15) is 18.0 Å². The number of aliphatic hydroxyl groups is 2. The third kappa shape index (κ3) is 5.13. The molecule has 0 aliphatic carbocycles. The fourth-order valence-corrected chi connectivity index (χ4v) is 2.58. The number of hydrogen-bond donors (Lipinski definition) is 3. The van der Waals surface area contributed by atoms with Gasteiger partial charge in [-0.2, -0.15) is 4.98 Å². The average Bonchev–Trinajstić information content (AvgIpc) is 2.89. The Kier molecular flexibility index (Phi) is 7.48. The van der Waals surface area contributed by atoms with E-state index in [-0.39, 0.29) is 12.4 Å². The van der Waals surface area contributed by atoms with Gasteiger partial charge in [-0.3, -0.25) is 9.88 Å². The van der Waals surface area contributed by atoms with E-state index in [0.29, 0.717) is 25.2 Å². The second kappa shape index (κ2) is 9.60. The molecule has 10 nitrogen and oxygen atoms in total. The number of nitrogens with zero attached hydrogens (tertiary/aromatic N) is 2. The molecule has 0 unspecified atom stereocenters. The molecule has 1 fully saturated rings. The van der Waals surface area contributed by atoms with Crippen molar-refractivity contribution >= 4 is 18.0 Å². The highest BCUT2D eigenvalue weighted by Crippen LogP contribution is 2.28. The third-order valence-electron chi connectivity index (χ3n) is 4.04. The normalized spacial score (nSPS) is 24.6. The fourth-order valence-electron chi connectivity index (χ4n) is 2.58. The van der Waals surface area contributed by atoms with Crippen molar-refractivity contribution in [1.82, 2.24) is 9.55 Å². The Balaban J connectivity index is 2.09. The number of amides is 1. The van der Waals surface area contributed by atoms with E-state index in [9.17, 15) is 19.8 Å². The molecule has 0 aromatic carbocycles. The molecule has 0 spiro atoms. The summed E-state index contributed by atoms with van der Waals surface area (Å²) in [6.45, 7) is 8.30. The van der Waals surface area contributed by atoms with Crippen LogP contribution in [0.15, 0.2) is 17.6 Å². The lowest BCUT2D eigenvalue weighted by Crippen LogP contribution is -2.36. The molecular formula is C17H25N3O7. The summed E-state index contributed by atoms with van der Waals surface area (Å²) in [5, 5.41) is 22.3. The third-order valence-corrected chi connectivity index (χ3v) is 4.04. The first-order chi connectivity index (χ1) is 12.9. The number of ether oxygens (including phenoxy) is 3. The summed E-state index contributed by atoms with van der Waals surface area (Å²) >= 11 is 0. The minimum atomic E-state index is -1.29. The number of hydrogen-bond acceptors (Lipinski definition) is 8. The average molecular weight is 383 g/mol. The molecular weight excluding hydrogens is 358 g/mol. The standard InChI is InChI=1S/C17H25N3O7/c1-4-11-9-20(15-13(22)12(21)10(3)27-15)16(23)18-14(11)19-17(24)26-8-6-7-25-5-2/h4,9-10,12-13,15,21-22H,1,5-8H2,2-3H3,(H,18,19,23,24)/t10-,12-,13-,15-/m1/s1. The summed E-state index contributed by atoms with van der Waals surface area (Å²) in [5.74, 6) is -0.0258. The van der Waals surface area contributed by atoms with Gasteiger partial charge in [0.15, 0.2) is 6.23 Å². The number of anilines is 1. The second-order valence-electron chi connectivity index (χ2n) is 5.96. The Hall–Kier alpha value is -2.27. The first kappa shape index (κ1) is 21.0. The number of rotatable bonds is 8.